The van der Waals surface area contributed by atoms with Crippen molar-refractivity contribution in [2.75, 3.05) is 25.2 Å². The summed E-state index contributed by atoms with van der Waals surface area (Å²) in [5.41, 5.74) is 2.54. The molecule has 6 nitrogen and oxygen atoms in total. The van der Waals surface area contributed by atoms with Crippen molar-refractivity contribution in [1.82, 2.24) is 4.90 Å². The molecule has 0 saturated carbocycles. The fraction of sp³-hybridized carbons (Fsp3) is 0.364. The van der Waals surface area contributed by atoms with Gasteiger partial charge in [0.25, 0.3) is 0 Å². The third-order valence-electron chi connectivity index (χ3n) is 4.53. The number of rotatable bonds is 3. The summed E-state index contributed by atoms with van der Waals surface area (Å²) in [5, 5.41) is 0. The number of hydrogen-bond donors (Lipinski definition) is 0. The zero-order chi connectivity index (χ0) is 20.3. The quantitative estimate of drug-likeness (QED) is 0.754. The fourth-order valence-electron chi connectivity index (χ4n) is 3.17. The molecule has 1 atom stereocenters. The lowest BCUT2D eigenvalue weighted by molar-refractivity contribution is -0.145. The first-order valence-electron chi connectivity index (χ1n) is 9.26. The van der Waals surface area contributed by atoms with Gasteiger partial charge >= 0.3 is 12.1 Å². The maximum Gasteiger partial charge on any atom is 0.412 e. The highest BCUT2D eigenvalue weighted by molar-refractivity contribution is 5.84. The van der Waals surface area contributed by atoms with E-state index in [1.807, 2.05) is 47.4 Å². The lowest BCUT2D eigenvalue weighted by Gasteiger charge is -2.26. The number of esters is 1. The van der Waals surface area contributed by atoms with E-state index in [-0.39, 0.29) is 6.67 Å². The van der Waals surface area contributed by atoms with E-state index in [2.05, 4.69) is 12.1 Å². The SMILES string of the molecule is COC(=O)[C@H]1CN(c2ccc(-c3ccccc3)cc2)CN1C(=O)OC(C)(C)C. The van der Waals surface area contributed by atoms with Crippen molar-refractivity contribution in [3.63, 3.8) is 0 Å². The average molecular weight is 382 g/mol. The van der Waals surface area contributed by atoms with E-state index in [9.17, 15) is 9.59 Å². The van der Waals surface area contributed by atoms with E-state index < -0.39 is 23.7 Å². The highest BCUT2D eigenvalue weighted by atomic mass is 16.6. The number of benzene rings is 2. The topological polar surface area (TPSA) is 59.1 Å². The molecule has 148 valence electrons. The van der Waals surface area contributed by atoms with Gasteiger partial charge in [0.1, 0.15) is 5.60 Å². The molecule has 6 heteroatoms. The number of ether oxygens (including phenoxy) is 2. The Morgan fingerprint density at radius 2 is 1.57 bits per heavy atom. The maximum absolute atomic E-state index is 12.6. The summed E-state index contributed by atoms with van der Waals surface area (Å²) in [6, 6.07) is 17.5. The van der Waals surface area contributed by atoms with Crippen molar-refractivity contribution in [2.24, 2.45) is 0 Å². The number of carbonyl (C=O) groups is 2. The lowest BCUT2D eigenvalue weighted by Crippen LogP contribution is -2.44. The monoisotopic (exact) mass is 382 g/mol. The number of methoxy groups -OCH3 is 1. The van der Waals surface area contributed by atoms with Gasteiger partial charge in [0.05, 0.1) is 20.3 Å². The molecule has 1 aliphatic rings. The van der Waals surface area contributed by atoms with Crippen molar-refractivity contribution in [3.05, 3.63) is 54.6 Å². The zero-order valence-electron chi connectivity index (χ0n) is 16.7. The molecular formula is C22H26N2O4. The molecule has 28 heavy (non-hydrogen) atoms. The Morgan fingerprint density at radius 1 is 0.964 bits per heavy atom. The standard InChI is InChI=1S/C22H26N2O4/c1-22(2,3)28-21(26)24-15-23(14-19(24)20(25)27-4)18-12-10-17(11-13-18)16-8-6-5-7-9-16/h5-13,19H,14-15H2,1-4H3/t19-/m1/s1. The first-order valence-corrected chi connectivity index (χ1v) is 9.26. The normalized spacial score (nSPS) is 16.8. The smallest absolute Gasteiger partial charge is 0.412 e. The minimum absolute atomic E-state index is 0.263. The summed E-state index contributed by atoms with van der Waals surface area (Å²) in [4.78, 5) is 28.2. The van der Waals surface area contributed by atoms with Crippen LogP contribution in [0.4, 0.5) is 10.5 Å². The van der Waals surface area contributed by atoms with Crippen LogP contribution in [0.2, 0.25) is 0 Å². The molecule has 1 aliphatic heterocycles. The zero-order valence-corrected chi connectivity index (χ0v) is 16.7. The van der Waals surface area contributed by atoms with E-state index in [1.54, 1.807) is 20.8 Å². The second-order valence-electron chi connectivity index (χ2n) is 7.77. The summed E-state index contributed by atoms with van der Waals surface area (Å²) in [6.07, 6.45) is -0.522. The number of anilines is 1. The number of nitrogens with zero attached hydrogens (tertiary/aromatic N) is 2. The second-order valence-corrected chi connectivity index (χ2v) is 7.77. The van der Waals surface area contributed by atoms with Gasteiger partial charge in [-0.25, -0.2) is 9.59 Å². The minimum Gasteiger partial charge on any atom is -0.467 e. The molecule has 1 fully saturated rings. The number of hydrogen-bond acceptors (Lipinski definition) is 5. The molecule has 0 unspecified atom stereocenters. The van der Waals surface area contributed by atoms with Gasteiger partial charge in [-0.2, -0.15) is 0 Å². The van der Waals surface area contributed by atoms with Crippen LogP contribution in [0.3, 0.4) is 0 Å². The molecule has 1 heterocycles. The Labute approximate surface area is 165 Å². The Kier molecular flexibility index (Phi) is 5.58. The van der Waals surface area contributed by atoms with Gasteiger partial charge in [0, 0.05) is 5.69 Å². The van der Waals surface area contributed by atoms with E-state index in [0.29, 0.717) is 6.54 Å². The maximum atomic E-state index is 12.6. The van der Waals surface area contributed by atoms with E-state index >= 15 is 0 Å². The Bertz CT molecular complexity index is 828. The van der Waals surface area contributed by atoms with Crippen LogP contribution in [0.1, 0.15) is 20.8 Å². The van der Waals surface area contributed by atoms with E-state index in [0.717, 1.165) is 16.8 Å². The molecule has 0 bridgehead atoms. The van der Waals surface area contributed by atoms with Crippen LogP contribution in [0, 0.1) is 0 Å². The van der Waals surface area contributed by atoms with Crippen LogP contribution in [0.15, 0.2) is 54.6 Å². The number of amides is 1. The van der Waals surface area contributed by atoms with Gasteiger partial charge in [-0.1, -0.05) is 42.5 Å². The first kappa shape index (κ1) is 19.7. The lowest BCUT2D eigenvalue weighted by atomic mass is 10.1. The predicted molar refractivity (Wildman–Crippen MR) is 108 cm³/mol. The number of carbonyl (C=O) groups excluding carboxylic acids is 2. The van der Waals surface area contributed by atoms with Gasteiger partial charge in [0.15, 0.2) is 6.04 Å². The highest BCUT2D eigenvalue weighted by Crippen LogP contribution is 2.27. The largest absolute Gasteiger partial charge is 0.467 e. The van der Waals surface area contributed by atoms with Crippen LogP contribution in [-0.4, -0.2) is 48.9 Å². The van der Waals surface area contributed by atoms with Crippen molar-refractivity contribution in [2.45, 2.75) is 32.4 Å². The third-order valence-corrected chi connectivity index (χ3v) is 4.53. The van der Waals surface area contributed by atoms with Crippen molar-refractivity contribution < 1.29 is 19.1 Å². The van der Waals surface area contributed by atoms with Gasteiger partial charge < -0.3 is 14.4 Å². The average Bonchev–Trinajstić information content (AvgIpc) is 3.12. The Balaban J connectivity index is 1.79. The van der Waals surface area contributed by atoms with Crippen molar-refractivity contribution in [3.8, 4) is 11.1 Å². The second kappa shape index (κ2) is 7.92. The van der Waals surface area contributed by atoms with Crippen LogP contribution in [0.5, 0.6) is 0 Å². The van der Waals surface area contributed by atoms with Gasteiger partial charge in [-0.3, -0.25) is 4.90 Å². The molecule has 1 amide bonds. The molecule has 2 aromatic rings. The molecule has 0 aliphatic carbocycles. The summed E-state index contributed by atoms with van der Waals surface area (Å²) in [7, 11) is 1.33. The molecule has 0 aromatic heterocycles. The van der Waals surface area contributed by atoms with Crippen LogP contribution < -0.4 is 4.90 Å². The van der Waals surface area contributed by atoms with Gasteiger partial charge in [-0.15, -0.1) is 0 Å². The van der Waals surface area contributed by atoms with E-state index in [1.165, 1.54) is 12.0 Å². The van der Waals surface area contributed by atoms with Crippen LogP contribution in [0.25, 0.3) is 11.1 Å². The Morgan fingerprint density at radius 3 is 2.14 bits per heavy atom. The first-order chi connectivity index (χ1) is 13.3. The minimum atomic E-state index is -0.700. The van der Waals surface area contributed by atoms with E-state index in [4.69, 9.17) is 9.47 Å². The van der Waals surface area contributed by atoms with Crippen molar-refractivity contribution in [1.29, 1.82) is 0 Å². The van der Waals surface area contributed by atoms with Crippen LogP contribution in [-0.2, 0) is 14.3 Å². The summed E-state index contributed by atoms with van der Waals surface area (Å²) < 4.78 is 10.4. The predicted octanol–water partition coefficient (Wildman–Crippen LogP) is 3.91. The van der Waals surface area contributed by atoms with Crippen molar-refractivity contribution >= 4 is 17.7 Å². The molecule has 3 rings (SSSR count). The molecule has 0 radical (unpaired) electrons. The summed E-state index contributed by atoms with van der Waals surface area (Å²) >= 11 is 0. The molecule has 0 spiro atoms. The molecule has 1 saturated heterocycles. The summed E-state index contributed by atoms with van der Waals surface area (Å²) in [5.74, 6) is -0.450. The van der Waals surface area contributed by atoms with Crippen LogP contribution >= 0.6 is 0 Å². The third kappa shape index (κ3) is 4.44. The van der Waals surface area contributed by atoms with Gasteiger partial charge in [0.2, 0.25) is 0 Å². The highest BCUT2D eigenvalue weighted by Gasteiger charge is 2.41. The fourth-order valence-corrected chi connectivity index (χ4v) is 3.17. The molecular weight excluding hydrogens is 356 g/mol. The molecule has 2 aromatic carbocycles. The van der Waals surface area contributed by atoms with Gasteiger partial charge in [-0.05, 0) is 44.0 Å². The Hall–Kier alpha value is -3.02. The molecule has 0 N–H and O–H groups in total. The summed E-state index contributed by atoms with van der Waals surface area (Å²) in [6.45, 7) is 6.02.